The molecule has 88 valence electrons. The van der Waals surface area contributed by atoms with Crippen LogP contribution in [0.5, 0.6) is 5.75 Å². The summed E-state index contributed by atoms with van der Waals surface area (Å²) in [5, 5.41) is 0. The Kier molecular flexibility index (Phi) is 3.43. The summed E-state index contributed by atoms with van der Waals surface area (Å²) in [6.07, 6.45) is 0.744. The van der Waals surface area contributed by atoms with E-state index >= 15 is 0 Å². The zero-order chi connectivity index (χ0) is 12.3. The summed E-state index contributed by atoms with van der Waals surface area (Å²) in [5.74, 6) is 0.656. The van der Waals surface area contributed by atoms with Gasteiger partial charge in [-0.1, -0.05) is 18.2 Å². The summed E-state index contributed by atoms with van der Waals surface area (Å²) in [4.78, 5) is 0. The molecule has 17 heavy (non-hydrogen) atoms. The highest BCUT2D eigenvalue weighted by Gasteiger charge is 2.02. The summed E-state index contributed by atoms with van der Waals surface area (Å²) in [7, 11) is 1.64. The van der Waals surface area contributed by atoms with Crippen LogP contribution in [0.15, 0.2) is 42.5 Å². The second-order valence-electron chi connectivity index (χ2n) is 4.10. The number of benzene rings is 2. The molecule has 0 saturated carbocycles. The van der Waals surface area contributed by atoms with Gasteiger partial charge in [0.25, 0.3) is 0 Å². The minimum absolute atomic E-state index is 0.181. The quantitative estimate of drug-likeness (QED) is 0.780. The molecule has 0 spiro atoms. The minimum atomic E-state index is -0.181. The largest absolute Gasteiger partial charge is 0.497 e. The van der Waals surface area contributed by atoms with Crippen LogP contribution in [0.1, 0.15) is 16.7 Å². The molecule has 0 atom stereocenters. The smallest absolute Gasteiger partial charge is 0.123 e. The molecule has 0 bridgehead atoms. The van der Waals surface area contributed by atoms with Crippen molar-refractivity contribution in [1.29, 1.82) is 0 Å². The van der Waals surface area contributed by atoms with Crippen LogP contribution in [-0.4, -0.2) is 7.11 Å². The molecule has 0 heterocycles. The summed E-state index contributed by atoms with van der Waals surface area (Å²) < 4.78 is 18.3. The summed E-state index contributed by atoms with van der Waals surface area (Å²) in [6, 6.07) is 12.8. The molecule has 0 amide bonds. The molecule has 0 fully saturated rings. The fourth-order valence-electron chi connectivity index (χ4n) is 1.79. The Labute approximate surface area is 101 Å². The maximum atomic E-state index is 13.1. The Morgan fingerprint density at radius 3 is 2.41 bits per heavy atom. The van der Waals surface area contributed by atoms with Crippen LogP contribution >= 0.6 is 0 Å². The minimum Gasteiger partial charge on any atom is -0.497 e. The second kappa shape index (κ2) is 5.00. The standard InChI is InChI=1S/C15H15FO/c1-11-3-6-14(16)10-13(11)9-12-4-7-15(17-2)8-5-12/h3-8,10H,9H2,1-2H3. The van der Waals surface area contributed by atoms with E-state index in [4.69, 9.17) is 4.74 Å². The first-order valence-corrected chi connectivity index (χ1v) is 5.57. The van der Waals surface area contributed by atoms with Crippen molar-refractivity contribution in [3.8, 4) is 5.75 Å². The molecule has 0 saturated heterocycles. The van der Waals surface area contributed by atoms with Crippen molar-refractivity contribution in [2.24, 2.45) is 0 Å². The molecule has 0 aromatic heterocycles. The normalized spacial score (nSPS) is 10.3. The van der Waals surface area contributed by atoms with E-state index in [1.165, 1.54) is 6.07 Å². The van der Waals surface area contributed by atoms with Gasteiger partial charge in [0, 0.05) is 0 Å². The molecular weight excluding hydrogens is 215 g/mol. The zero-order valence-corrected chi connectivity index (χ0v) is 10.0. The molecule has 1 nitrogen and oxygen atoms in total. The van der Waals surface area contributed by atoms with Gasteiger partial charge in [-0.2, -0.15) is 0 Å². The fourth-order valence-corrected chi connectivity index (χ4v) is 1.79. The van der Waals surface area contributed by atoms with E-state index in [1.54, 1.807) is 13.2 Å². The molecule has 2 heteroatoms. The van der Waals surface area contributed by atoms with E-state index in [0.717, 1.165) is 28.9 Å². The number of rotatable bonds is 3. The lowest BCUT2D eigenvalue weighted by atomic mass is 10.0. The zero-order valence-electron chi connectivity index (χ0n) is 10.0. The van der Waals surface area contributed by atoms with Crippen LogP contribution in [0.2, 0.25) is 0 Å². The Hall–Kier alpha value is -1.83. The maximum absolute atomic E-state index is 13.1. The lowest BCUT2D eigenvalue weighted by Crippen LogP contribution is -1.93. The van der Waals surface area contributed by atoms with Crippen LogP contribution < -0.4 is 4.74 Å². The molecular formula is C15H15FO. The Morgan fingerprint density at radius 1 is 1.06 bits per heavy atom. The number of halogens is 1. The SMILES string of the molecule is COc1ccc(Cc2cc(F)ccc2C)cc1. The molecule has 2 rings (SSSR count). The molecule has 0 radical (unpaired) electrons. The van der Waals surface area contributed by atoms with Crippen LogP contribution in [0.25, 0.3) is 0 Å². The molecule has 0 aliphatic rings. The van der Waals surface area contributed by atoms with Gasteiger partial charge in [-0.3, -0.25) is 0 Å². The number of methoxy groups -OCH3 is 1. The predicted octanol–water partition coefficient (Wildman–Crippen LogP) is 3.73. The van der Waals surface area contributed by atoms with Crippen LogP contribution in [0.4, 0.5) is 4.39 Å². The second-order valence-corrected chi connectivity index (χ2v) is 4.10. The van der Waals surface area contributed by atoms with Gasteiger partial charge in [0.05, 0.1) is 7.11 Å². The van der Waals surface area contributed by atoms with Crippen molar-refractivity contribution in [2.75, 3.05) is 7.11 Å². The van der Waals surface area contributed by atoms with Gasteiger partial charge in [0.1, 0.15) is 11.6 Å². The number of ether oxygens (including phenoxy) is 1. The van der Waals surface area contributed by atoms with Gasteiger partial charge >= 0.3 is 0 Å². The van der Waals surface area contributed by atoms with Crippen LogP contribution in [-0.2, 0) is 6.42 Å². The lowest BCUT2D eigenvalue weighted by molar-refractivity contribution is 0.414. The number of aryl methyl sites for hydroxylation is 1. The van der Waals surface area contributed by atoms with Crippen molar-refractivity contribution < 1.29 is 9.13 Å². The van der Waals surface area contributed by atoms with Gasteiger partial charge in [0.2, 0.25) is 0 Å². The molecule has 2 aromatic rings. The van der Waals surface area contributed by atoms with E-state index in [9.17, 15) is 4.39 Å². The average Bonchev–Trinajstić information content (AvgIpc) is 2.35. The van der Waals surface area contributed by atoms with E-state index in [0.29, 0.717) is 0 Å². The van der Waals surface area contributed by atoms with Crippen molar-refractivity contribution in [3.63, 3.8) is 0 Å². The highest BCUT2D eigenvalue weighted by atomic mass is 19.1. The van der Waals surface area contributed by atoms with E-state index < -0.39 is 0 Å². The highest BCUT2D eigenvalue weighted by molar-refractivity contribution is 5.34. The monoisotopic (exact) mass is 230 g/mol. The van der Waals surface area contributed by atoms with Crippen molar-refractivity contribution in [1.82, 2.24) is 0 Å². The first kappa shape index (κ1) is 11.6. The van der Waals surface area contributed by atoms with Crippen molar-refractivity contribution in [2.45, 2.75) is 13.3 Å². The topological polar surface area (TPSA) is 9.23 Å². The maximum Gasteiger partial charge on any atom is 0.123 e. The lowest BCUT2D eigenvalue weighted by Gasteiger charge is -2.07. The molecule has 0 aliphatic heterocycles. The average molecular weight is 230 g/mol. The molecule has 0 unspecified atom stereocenters. The van der Waals surface area contributed by atoms with E-state index in [2.05, 4.69) is 0 Å². The van der Waals surface area contributed by atoms with Crippen molar-refractivity contribution in [3.05, 3.63) is 65.0 Å². The van der Waals surface area contributed by atoms with Gasteiger partial charge in [0.15, 0.2) is 0 Å². The van der Waals surface area contributed by atoms with Crippen LogP contribution in [0, 0.1) is 12.7 Å². The summed E-state index contributed by atoms with van der Waals surface area (Å²) >= 11 is 0. The van der Waals surface area contributed by atoms with Gasteiger partial charge in [-0.05, 0) is 54.3 Å². The Balaban J connectivity index is 2.22. The first-order valence-electron chi connectivity index (χ1n) is 5.57. The Bertz CT molecular complexity index is 503. The third kappa shape index (κ3) is 2.84. The Morgan fingerprint density at radius 2 is 1.76 bits per heavy atom. The highest BCUT2D eigenvalue weighted by Crippen LogP contribution is 2.17. The predicted molar refractivity (Wildman–Crippen MR) is 66.9 cm³/mol. The third-order valence-corrected chi connectivity index (χ3v) is 2.86. The first-order chi connectivity index (χ1) is 8.19. The number of hydrogen-bond donors (Lipinski definition) is 0. The third-order valence-electron chi connectivity index (χ3n) is 2.86. The van der Waals surface area contributed by atoms with Gasteiger partial charge in [-0.25, -0.2) is 4.39 Å². The number of hydrogen-bond acceptors (Lipinski definition) is 1. The van der Waals surface area contributed by atoms with Gasteiger partial charge in [-0.15, -0.1) is 0 Å². The van der Waals surface area contributed by atoms with Crippen molar-refractivity contribution >= 4 is 0 Å². The molecule has 0 N–H and O–H groups in total. The fraction of sp³-hybridized carbons (Fsp3) is 0.200. The van der Waals surface area contributed by atoms with Gasteiger partial charge < -0.3 is 4.74 Å². The molecule has 2 aromatic carbocycles. The van der Waals surface area contributed by atoms with Crippen LogP contribution in [0.3, 0.4) is 0 Å². The van der Waals surface area contributed by atoms with E-state index in [1.807, 2.05) is 37.3 Å². The molecule has 0 aliphatic carbocycles. The summed E-state index contributed by atoms with van der Waals surface area (Å²) in [6.45, 7) is 2.00. The summed E-state index contributed by atoms with van der Waals surface area (Å²) in [5.41, 5.74) is 3.29. The van der Waals surface area contributed by atoms with E-state index in [-0.39, 0.29) is 5.82 Å².